The van der Waals surface area contributed by atoms with E-state index in [1.807, 2.05) is 0 Å². The molecule has 4 nitrogen and oxygen atoms in total. The topological polar surface area (TPSA) is 62.2 Å². The number of benzene rings is 1. The molecule has 1 amide bonds. The van der Waals surface area contributed by atoms with Crippen molar-refractivity contribution in [2.24, 2.45) is 0 Å². The predicted molar refractivity (Wildman–Crippen MR) is 73.0 cm³/mol. The van der Waals surface area contributed by atoms with Gasteiger partial charge >= 0.3 is 0 Å². The van der Waals surface area contributed by atoms with E-state index in [0.29, 0.717) is 9.50 Å². The molecule has 0 bridgehead atoms. The maximum absolute atomic E-state index is 11.9. The number of carbonyl (C=O) groups is 1. The van der Waals surface area contributed by atoms with Crippen molar-refractivity contribution in [2.75, 3.05) is 5.32 Å². The average molecular weight is 328 g/mol. The molecule has 18 heavy (non-hydrogen) atoms. The lowest BCUT2D eigenvalue weighted by Gasteiger charge is -2.07. The molecule has 6 heteroatoms. The zero-order chi connectivity index (χ0) is 13.1. The lowest BCUT2D eigenvalue weighted by molar-refractivity contribution is 0.102. The summed E-state index contributed by atoms with van der Waals surface area (Å²) in [5, 5.41) is 12.5. The smallest absolute Gasteiger partial charge is 0.260 e. The van der Waals surface area contributed by atoms with Crippen LogP contribution < -0.4 is 5.32 Å². The summed E-state index contributed by atoms with van der Waals surface area (Å²) in [6, 6.07) is 7.86. The largest absolute Gasteiger partial charge is 0.507 e. The van der Waals surface area contributed by atoms with Crippen molar-refractivity contribution in [1.82, 2.24) is 4.98 Å². The van der Waals surface area contributed by atoms with Crippen LogP contribution in [-0.4, -0.2) is 16.0 Å². The van der Waals surface area contributed by atoms with E-state index in [9.17, 15) is 9.90 Å². The Kier molecular flexibility index (Phi) is 3.84. The molecule has 0 saturated carbocycles. The number of hydrogen-bond donors (Lipinski definition) is 2. The van der Waals surface area contributed by atoms with Gasteiger partial charge in [0.25, 0.3) is 5.91 Å². The van der Waals surface area contributed by atoms with Crippen LogP contribution >= 0.6 is 27.5 Å². The molecule has 0 aliphatic rings. The number of nitrogens with one attached hydrogen (secondary N) is 1. The zero-order valence-corrected chi connectivity index (χ0v) is 11.4. The molecule has 2 rings (SSSR count). The van der Waals surface area contributed by atoms with Gasteiger partial charge in [-0.2, -0.15) is 0 Å². The highest BCUT2D eigenvalue weighted by molar-refractivity contribution is 9.10. The molecule has 0 aliphatic carbocycles. The minimum Gasteiger partial charge on any atom is -0.507 e. The van der Waals surface area contributed by atoms with Crippen molar-refractivity contribution in [3.05, 3.63) is 51.6 Å². The van der Waals surface area contributed by atoms with E-state index in [0.717, 1.165) is 0 Å². The fourth-order valence-electron chi connectivity index (χ4n) is 1.34. The first kappa shape index (κ1) is 12.9. The van der Waals surface area contributed by atoms with E-state index in [2.05, 4.69) is 26.2 Å². The van der Waals surface area contributed by atoms with Gasteiger partial charge in [0.1, 0.15) is 5.75 Å². The third-order valence-electron chi connectivity index (χ3n) is 2.19. The molecule has 0 radical (unpaired) electrons. The Labute approximate surface area is 117 Å². The minimum atomic E-state index is -0.477. The second-order valence-electron chi connectivity index (χ2n) is 3.45. The number of rotatable bonds is 2. The van der Waals surface area contributed by atoms with Gasteiger partial charge in [0.05, 0.1) is 10.6 Å². The van der Waals surface area contributed by atoms with E-state index in [1.165, 1.54) is 18.3 Å². The lowest BCUT2D eigenvalue weighted by Crippen LogP contribution is -2.13. The van der Waals surface area contributed by atoms with Crippen LogP contribution in [0.2, 0.25) is 5.02 Å². The molecule has 1 heterocycles. The molecule has 0 aliphatic heterocycles. The molecule has 0 saturated heterocycles. The maximum Gasteiger partial charge on any atom is 0.260 e. The highest BCUT2D eigenvalue weighted by Gasteiger charge is 2.13. The van der Waals surface area contributed by atoms with Crippen molar-refractivity contribution >= 4 is 39.3 Å². The average Bonchev–Trinajstić information content (AvgIpc) is 2.35. The maximum atomic E-state index is 11.9. The van der Waals surface area contributed by atoms with Crippen LogP contribution in [0.3, 0.4) is 0 Å². The van der Waals surface area contributed by atoms with Crippen LogP contribution in [0, 0.1) is 0 Å². The lowest BCUT2D eigenvalue weighted by atomic mass is 10.2. The Hall–Kier alpha value is -1.59. The third-order valence-corrected chi connectivity index (χ3v) is 2.99. The first-order valence-electron chi connectivity index (χ1n) is 4.98. The first-order chi connectivity index (χ1) is 8.58. The summed E-state index contributed by atoms with van der Waals surface area (Å²) >= 11 is 9.11. The third kappa shape index (κ3) is 2.80. The standard InChI is InChI=1S/C12H8BrClN2O2/c13-7-3-4-10(17)8(6-7)12(18)16-11-9(14)2-1-5-15-11/h1-6,17H,(H,15,16,18). The number of pyridine rings is 1. The molecule has 0 unspecified atom stereocenters. The molecule has 1 aromatic heterocycles. The Balaban J connectivity index is 2.28. The van der Waals surface area contributed by atoms with Gasteiger partial charge in [0, 0.05) is 10.7 Å². The summed E-state index contributed by atoms with van der Waals surface area (Å²) < 4.78 is 0.692. The number of amides is 1. The number of nitrogens with zero attached hydrogens (tertiary/aromatic N) is 1. The van der Waals surface area contributed by atoms with Gasteiger partial charge in [-0.05, 0) is 30.3 Å². The van der Waals surface area contributed by atoms with Crippen LogP contribution in [0.5, 0.6) is 5.75 Å². The van der Waals surface area contributed by atoms with Crippen molar-refractivity contribution in [1.29, 1.82) is 0 Å². The van der Waals surface area contributed by atoms with Crippen molar-refractivity contribution < 1.29 is 9.90 Å². The Bertz CT molecular complexity index is 604. The summed E-state index contributed by atoms with van der Waals surface area (Å²) in [6.45, 7) is 0. The fourth-order valence-corrected chi connectivity index (χ4v) is 1.87. The number of carbonyl (C=O) groups excluding carboxylic acids is 1. The number of hydrogen-bond acceptors (Lipinski definition) is 3. The Morgan fingerprint density at radius 2 is 2.17 bits per heavy atom. The van der Waals surface area contributed by atoms with Gasteiger partial charge in [0.2, 0.25) is 0 Å². The van der Waals surface area contributed by atoms with Gasteiger partial charge in [-0.15, -0.1) is 0 Å². The van der Waals surface area contributed by atoms with Crippen molar-refractivity contribution in [2.45, 2.75) is 0 Å². The number of anilines is 1. The SMILES string of the molecule is O=C(Nc1ncccc1Cl)c1cc(Br)ccc1O. The van der Waals surface area contributed by atoms with Gasteiger partial charge in [-0.25, -0.2) is 4.98 Å². The molecule has 2 aromatic rings. The predicted octanol–water partition coefficient (Wildman–Crippen LogP) is 3.46. The van der Waals surface area contributed by atoms with Gasteiger partial charge in [0.15, 0.2) is 5.82 Å². The number of aromatic hydroxyl groups is 1. The quantitative estimate of drug-likeness (QED) is 0.888. The van der Waals surface area contributed by atoms with Crippen LogP contribution in [0.1, 0.15) is 10.4 Å². The van der Waals surface area contributed by atoms with E-state index in [1.54, 1.807) is 18.2 Å². The van der Waals surface area contributed by atoms with Crippen LogP contribution in [0.15, 0.2) is 41.0 Å². The highest BCUT2D eigenvalue weighted by Crippen LogP contribution is 2.24. The number of phenolic OH excluding ortho intramolecular Hbond substituents is 1. The minimum absolute atomic E-state index is 0.109. The van der Waals surface area contributed by atoms with E-state index in [4.69, 9.17) is 11.6 Å². The number of aromatic nitrogens is 1. The summed E-state index contributed by atoms with van der Waals surface area (Å²) in [5.74, 6) is -0.333. The number of phenols is 1. The Morgan fingerprint density at radius 3 is 2.89 bits per heavy atom. The molecule has 0 spiro atoms. The van der Waals surface area contributed by atoms with Crippen LogP contribution in [0.25, 0.3) is 0 Å². The van der Waals surface area contributed by atoms with Gasteiger partial charge in [-0.3, -0.25) is 4.79 Å². The van der Waals surface area contributed by atoms with Crippen LogP contribution in [0.4, 0.5) is 5.82 Å². The van der Waals surface area contributed by atoms with Gasteiger partial charge < -0.3 is 10.4 Å². The van der Waals surface area contributed by atoms with E-state index in [-0.39, 0.29) is 17.1 Å². The van der Waals surface area contributed by atoms with Gasteiger partial charge in [-0.1, -0.05) is 27.5 Å². The molecule has 2 N–H and O–H groups in total. The molecular weight excluding hydrogens is 320 g/mol. The normalized spacial score (nSPS) is 10.1. The second-order valence-corrected chi connectivity index (χ2v) is 4.77. The zero-order valence-electron chi connectivity index (χ0n) is 9.02. The van der Waals surface area contributed by atoms with Crippen molar-refractivity contribution in [3.8, 4) is 5.75 Å². The fraction of sp³-hybridized carbons (Fsp3) is 0. The van der Waals surface area contributed by atoms with Crippen LogP contribution in [-0.2, 0) is 0 Å². The van der Waals surface area contributed by atoms with Crippen molar-refractivity contribution in [3.63, 3.8) is 0 Å². The van der Waals surface area contributed by atoms with E-state index < -0.39 is 5.91 Å². The highest BCUT2D eigenvalue weighted by atomic mass is 79.9. The summed E-state index contributed by atoms with van der Waals surface area (Å²) in [6.07, 6.45) is 1.52. The molecular formula is C12H8BrClN2O2. The summed E-state index contributed by atoms with van der Waals surface area (Å²) in [7, 11) is 0. The molecule has 1 aromatic carbocycles. The monoisotopic (exact) mass is 326 g/mol. The second kappa shape index (κ2) is 5.37. The van der Waals surface area contributed by atoms with E-state index >= 15 is 0 Å². The number of halogens is 2. The molecule has 0 fully saturated rings. The first-order valence-corrected chi connectivity index (χ1v) is 6.15. The molecule has 92 valence electrons. The summed E-state index contributed by atoms with van der Waals surface area (Å²) in [4.78, 5) is 15.9. The Morgan fingerprint density at radius 1 is 1.39 bits per heavy atom. The molecule has 0 atom stereocenters. The summed E-state index contributed by atoms with van der Waals surface area (Å²) in [5.41, 5.74) is 0.145.